The van der Waals surface area contributed by atoms with Crippen molar-refractivity contribution < 1.29 is 9.53 Å². The number of fused-ring (bicyclic) bond motifs is 1. The van der Waals surface area contributed by atoms with Crippen molar-refractivity contribution in [3.05, 3.63) is 64.7 Å². The van der Waals surface area contributed by atoms with E-state index in [9.17, 15) is 4.79 Å². The van der Waals surface area contributed by atoms with Crippen LogP contribution in [0.1, 0.15) is 39.9 Å². The number of methoxy groups -OCH3 is 1. The summed E-state index contributed by atoms with van der Waals surface area (Å²) < 4.78 is 5.22. The Bertz CT molecular complexity index is 808. The molecule has 0 spiro atoms. The predicted molar refractivity (Wildman–Crippen MR) is 112 cm³/mol. The molecule has 0 saturated carbocycles. The van der Waals surface area contributed by atoms with Gasteiger partial charge in [-0.15, -0.1) is 0 Å². The molecule has 2 aromatic rings. The van der Waals surface area contributed by atoms with Crippen LogP contribution in [0.3, 0.4) is 0 Å². The summed E-state index contributed by atoms with van der Waals surface area (Å²) in [5, 5.41) is 0. The lowest BCUT2D eigenvalue weighted by Crippen LogP contribution is -2.49. The predicted octanol–water partition coefficient (Wildman–Crippen LogP) is 3.57. The number of ether oxygens (including phenoxy) is 1. The SMILES string of the molecule is COc1ccc(CCN2CCN(C(=O)c3ccc4c(c3)CCCC4)CC2)cc1. The van der Waals surface area contributed by atoms with Gasteiger partial charge in [-0.1, -0.05) is 18.2 Å². The van der Waals surface area contributed by atoms with Gasteiger partial charge in [0, 0.05) is 38.3 Å². The lowest BCUT2D eigenvalue weighted by molar-refractivity contribution is 0.0638. The van der Waals surface area contributed by atoms with Crippen LogP contribution in [0.15, 0.2) is 42.5 Å². The molecule has 1 heterocycles. The van der Waals surface area contributed by atoms with Gasteiger partial charge in [0.15, 0.2) is 0 Å². The van der Waals surface area contributed by atoms with E-state index in [0.717, 1.165) is 63.3 Å². The van der Waals surface area contributed by atoms with Crippen molar-refractivity contribution >= 4 is 5.91 Å². The molecule has 2 aromatic carbocycles. The van der Waals surface area contributed by atoms with E-state index in [1.54, 1.807) is 7.11 Å². The van der Waals surface area contributed by atoms with Gasteiger partial charge in [-0.2, -0.15) is 0 Å². The molecule has 4 nitrogen and oxygen atoms in total. The third-order valence-corrected chi connectivity index (χ3v) is 6.13. The molecule has 0 bridgehead atoms. The first-order chi connectivity index (χ1) is 13.7. The number of aryl methyl sites for hydroxylation is 2. The van der Waals surface area contributed by atoms with Crippen LogP contribution in [-0.2, 0) is 19.3 Å². The molecule has 28 heavy (non-hydrogen) atoms. The highest BCUT2D eigenvalue weighted by Gasteiger charge is 2.23. The van der Waals surface area contributed by atoms with Crippen LogP contribution in [0.4, 0.5) is 0 Å². The Labute approximate surface area is 168 Å². The molecule has 1 aliphatic heterocycles. The zero-order valence-corrected chi connectivity index (χ0v) is 16.8. The third kappa shape index (κ3) is 4.39. The number of carbonyl (C=O) groups is 1. The standard InChI is InChI=1S/C24H30N2O2/c1-28-23-10-6-19(7-11-23)12-13-25-14-16-26(17-15-25)24(27)22-9-8-20-4-2-3-5-21(20)18-22/h6-11,18H,2-5,12-17H2,1H3. The fraction of sp³-hybridized carbons (Fsp3) is 0.458. The summed E-state index contributed by atoms with van der Waals surface area (Å²) in [7, 11) is 1.69. The minimum absolute atomic E-state index is 0.197. The van der Waals surface area contributed by atoms with Crippen LogP contribution in [0.5, 0.6) is 5.75 Å². The molecule has 0 N–H and O–H groups in total. The van der Waals surface area contributed by atoms with Gasteiger partial charge in [0.1, 0.15) is 5.75 Å². The minimum Gasteiger partial charge on any atom is -0.497 e. The molecule has 4 heteroatoms. The van der Waals surface area contributed by atoms with Crippen molar-refractivity contribution in [1.29, 1.82) is 0 Å². The first-order valence-corrected chi connectivity index (χ1v) is 10.5. The highest BCUT2D eigenvalue weighted by atomic mass is 16.5. The summed E-state index contributed by atoms with van der Waals surface area (Å²) in [5.41, 5.74) is 5.02. The summed E-state index contributed by atoms with van der Waals surface area (Å²) in [6, 6.07) is 14.7. The molecule has 1 fully saturated rings. The van der Waals surface area contributed by atoms with Gasteiger partial charge in [-0.25, -0.2) is 0 Å². The summed E-state index contributed by atoms with van der Waals surface area (Å²) in [4.78, 5) is 17.4. The quantitative estimate of drug-likeness (QED) is 0.797. The lowest BCUT2D eigenvalue weighted by Gasteiger charge is -2.35. The summed E-state index contributed by atoms with van der Waals surface area (Å²) in [6.07, 6.45) is 5.84. The molecule has 0 aromatic heterocycles. The molecule has 2 aliphatic rings. The molecular weight excluding hydrogens is 348 g/mol. The van der Waals surface area contributed by atoms with Crippen LogP contribution >= 0.6 is 0 Å². The highest BCUT2D eigenvalue weighted by Crippen LogP contribution is 2.23. The molecule has 1 aliphatic carbocycles. The number of piperazine rings is 1. The van der Waals surface area contributed by atoms with Crippen molar-refractivity contribution in [2.45, 2.75) is 32.1 Å². The molecule has 148 valence electrons. The van der Waals surface area contributed by atoms with E-state index in [0.29, 0.717) is 0 Å². The zero-order chi connectivity index (χ0) is 19.3. The Balaban J connectivity index is 1.28. The Hall–Kier alpha value is -2.33. The number of carbonyl (C=O) groups excluding carboxylic acids is 1. The molecule has 1 amide bonds. The lowest BCUT2D eigenvalue weighted by atomic mass is 9.90. The van der Waals surface area contributed by atoms with Crippen molar-refractivity contribution in [2.24, 2.45) is 0 Å². The highest BCUT2D eigenvalue weighted by molar-refractivity contribution is 5.94. The van der Waals surface area contributed by atoms with E-state index >= 15 is 0 Å². The van der Waals surface area contributed by atoms with E-state index < -0.39 is 0 Å². The van der Waals surface area contributed by atoms with Gasteiger partial charge < -0.3 is 9.64 Å². The normalized spacial score (nSPS) is 17.2. The molecule has 0 unspecified atom stereocenters. The van der Waals surface area contributed by atoms with Gasteiger partial charge in [-0.3, -0.25) is 9.69 Å². The smallest absolute Gasteiger partial charge is 0.253 e. The van der Waals surface area contributed by atoms with Crippen LogP contribution in [0, 0.1) is 0 Å². The van der Waals surface area contributed by atoms with Gasteiger partial charge in [0.25, 0.3) is 5.91 Å². The van der Waals surface area contributed by atoms with E-state index in [-0.39, 0.29) is 5.91 Å². The maximum atomic E-state index is 12.9. The zero-order valence-electron chi connectivity index (χ0n) is 16.8. The van der Waals surface area contributed by atoms with Crippen molar-refractivity contribution in [3.63, 3.8) is 0 Å². The number of hydrogen-bond donors (Lipinski definition) is 0. The topological polar surface area (TPSA) is 32.8 Å². The Morgan fingerprint density at radius 2 is 1.64 bits per heavy atom. The molecule has 4 rings (SSSR count). The largest absolute Gasteiger partial charge is 0.497 e. The van der Waals surface area contributed by atoms with Crippen LogP contribution in [0.2, 0.25) is 0 Å². The maximum Gasteiger partial charge on any atom is 0.253 e. The molecule has 0 radical (unpaired) electrons. The van der Waals surface area contributed by atoms with Gasteiger partial charge in [-0.05, 0) is 73.1 Å². The molecular formula is C24H30N2O2. The summed E-state index contributed by atoms with van der Waals surface area (Å²) >= 11 is 0. The Morgan fingerprint density at radius 1 is 0.929 bits per heavy atom. The van der Waals surface area contributed by atoms with E-state index in [2.05, 4.69) is 29.2 Å². The van der Waals surface area contributed by atoms with Gasteiger partial charge >= 0.3 is 0 Å². The average molecular weight is 379 g/mol. The van der Waals surface area contributed by atoms with Gasteiger partial charge in [0.05, 0.1) is 7.11 Å². The second kappa shape index (κ2) is 8.78. The first kappa shape index (κ1) is 19.0. The number of rotatable bonds is 5. The van der Waals surface area contributed by atoms with Crippen molar-refractivity contribution in [1.82, 2.24) is 9.80 Å². The first-order valence-electron chi connectivity index (χ1n) is 10.5. The van der Waals surface area contributed by atoms with E-state index in [1.165, 1.54) is 29.5 Å². The van der Waals surface area contributed by atoms with Crippen LogP contribution in [-0.4, -0.2) is 55.5 Å². The third-order valence-electron chi connectivity index (χ3n) is 6.13. The second-order valence-electron chi connectivity index (χ2n) is 7.92. The van der Waals surface area contributed by atoms with E-state index in [1.807, 2.05) is 23.1 Å². The second-order valence-corrected chi connectivity index (χ2v) is 7.92. The number of benzene rings is 2. The summed E-state index contributed by atoms with van der Waals surface area (Å²) in [6.45, 7) is 4.57. The molecule has 0 atom stereocenters. The fourth-order valence-corrected chi connectivity index (χ4v) is 4.30. The van der Waals surface area contributed by atoms with Gasteiger partial charge in [0.2, 0.25) is 0 Å². The molecule has 1 saturated heterocycles. The minimum atomic E-state index is 0.197. The number of amides is 1. The number of nitrogens with zero attached hydrogens (tertiary/aromatic N) is 2. The van der Waals surface area contributed by atoms with Crippen molar-refractivity contribution in [2.75, 3.05) is 39.8 Å². The number of hydrogen-bond acceptors (Lipinski definition) is 3. The van der Waals surface area contributed by atoms with Crippen LogP contribution in [0.25, 0.3) is 0 Å². The van der Waals surface area contributed by atoms with Crippen molar-refractivity contribution in [3.8, 4) is 5.75 Å². The average Bonchev–Trinajstić information content (AvgIpc) is 2.77. The Kier molecular flexibility index (Phi) is 5.96. The summed E-state index contributed by atoms with van der Waals surface area (Å²) in [5.74, 6) is 1.10. The fourth-order valence-electron chi connectivity index (χ4n) is 4.30. The van der Waals surface area contributed by atoms with Crippen LogP contribution < -0.4 is 4.74 Å². The monoisotopic (exact) mass is 378 g/mol. The maximum absolute atomic E-state index is 12.9. The Morgan fingerprint density at radius 3 is 2.36 bits per heavy atom. The van der Waals surface area contributed by atoms with E-state index in [4.69, 9.17) is 4.74 Å².